The molecule has 0 aliphatic heterocycles. The highest BCUT2D eigenvalue weighted by Gasteiger charge is 2.39. The number of H-pyrrole nitrogens is 1. The average molecular weight is 290 g/mol. The van der Waals surface area contributed by atoms with Crippen LogP contribution >= 0.6 is 0 Å². The zero-order valence-corrected chi connectivity index (χ0v) is 13.2. The van der Waals surface area contributed by atoms with E-state index in [1.807, 2.05) is 0 Å². The lowest BCUT2D eigenvalue weighted by Crippen LogP contribution is -2.38. The summed E-state index contributed by atoms with van der Waals surface area (Å²) in [5, 5.41) is 0. The zero-order chi connectivity index (χ0) is 14.9. The van der Waals surface area contributed by atoms with Crippen molar-refractivity contribution in [1.29, 1.82) is 0 Å². The van der Waals surface area contributed by atoms with Crippen molar-refractivity contribution in [3.8, 4) is 0 Å². The number of nitrogens with zero attached hydrogens (tertiary/aromatic N) is 1. The molecule has 1 N–H and O–H groups in total. The van der Waals surface area contributed by atoms with Gasteiger partial charge in [-0.2, -0.15) is 0 Å². The summed E-state index contributed by atoms with van der Waals surface area (Å²) in [6.07, 6.45) is 9.08. The first-order valence-corrected chi connectivity index (χ1v) is 8.30. The Kier molecular flexibility index (Phi) is 4.16. The molecule has 2 fully saturated rings. The fraction of sp³-hybridized carbons (Fsp3) is 0.765. The number of aromatic amines is 1. The van der Waals surface area contributed by atoms with E-state index in [9.17, 15) is 4.79 Å². The van der Waals surface area contributed by atoms with Crippen molar-refractivity contribution in [3.05, 3.63) is 27.9 Å². The SMILES string of the molecule is COC1(c2nc(C3CCCC3)cc(=O)[nH]2)CCCC(C)C1. The van der Waals surface area contributed by atoms with Gasteiger partial charge in [0.2, 0.25) is 0 Å². The first kappa shape index (κ1) is 14.8. The molecule has 116 valence electrons. The maximum Gasteiger partial charge on any atom is 0.251 e. The highest BCUT2D eigenvalue weighted by Crippen LogP contribution is 2.41. The van der Waals surface area contributed by atoms with Gasteiger partial charge in [-0.05, 0) is 38.0 Å². The number of aromatic nitrogens is 2. The van der Waals surface area contributed by atoms with Gasteiger partial charge >= 0.3 is 0 Å². The molecule has 0 radical (unpaired) electrons. The molecule has 1 heterocycles. The maximum absolute atomic E-state index is 12.1. The highest BCUT2D eigenvalue weighted by molar-refractivity contribution is 5.14. The second kappa shape index (κ2) is 5.91. The summed E-state index contributed by atoms with van der Waals surface area (Å²) in [6.45, 7) is 2.26. The number of rotatable bonds is 3. The lowest BCUT2D eigenvalue weighted by molar-refractivity contribution is -0.0649. The molecule has 0 amide bonds. The van der Waals surface area contributed by atoms with E-state index in [2.05, 4.69) is 11.9 Å². The highest BCUT2D eigenvalue weighted by atomic mass is 16.5. The van der Waals surface area contributed by atoms with Crippen molar-refractivity contribution in [2.45, 2.75) is 69.8 Å². The van der Waals surface area contributed by atoms with Gasteiger partial charge in [0.25, 0.3) is 5.56 Å². The smallest absolute Gasteiger partial charge is 0.251 e. The van der Waals surface area contributed by atoms with Crippen LogP contribution in [0, 0.1) is 5.92 Å². The third-order valence-electron chi connectivity index (χ3n) is 5.31. The van der Waals surface area contributed by atoms with Crippen LogP contribution in [0.25, 0.3) is 0 Å². The predicted molar refractivity (Wildman–Crippen MR) is 82.4 cm³/mol. The molecule has 2 unspecified atom stereocenters. The zero-order valence-electron chi connectivity index (χ0n) is 13.2. The predicted octanol–water partition coefficient (Wildman–Crippen LogP) is 3.48. The number of hydrogen-bond acceptors (Lipinski definition) is 3. The Bertz CT molecular complexity index is 548. The van der Waals surface area contributed by atoms with Crippen molar-refractivity contribution in [3.63, 3.8) is 0 Å². The molecule has 21 heavy (non-hydrogen) atoms. The normalized spacial score (nSPS) is 30.7. The maximum atomic E-state index is 12.1. The number of ether oxygens (including phenoxy) is 1. The first-order valence-electron chi connectivity index (χ1n) is 8.30. The van der Waals surface area contributed by atoms with Gasteiger partial charge in [0, 0.05) is 19.1 Å². The van der Waals surface area contributed by atoms with E-state index in [0.717, 1.165) is 43.6 Å². The number of nitrogens with one attached hydrogen (secondary N) is 1. The molecule has 2 saturated carbocycles. The Balaban J connectivity index is 1.98. The second-order valence-corrected chi connectivity index (χ2v) is 6.90. The van der Waals surface area contributed by atoms with Gasteiger partial charge in [-0.3, -0.25) is 4.79 Å². The van der Waals surface area contributed by atoms with E-state index in [0.29, 0.717) is 11.8 Å². The lowest BCUT2D eigenvalue weighted by Gasteiger charge is -2.38. The molecule has 2 atom stereocenters. The third-order valence-corrected chi connectivity index (χ3v) is 5.31. The molecule has 2 aliphatic rings. The first-order chi connectivity index (χ1) is 10.1. The minimum absolute atomic E-state index is 0.0310. The molecule has 4 heteroatoms. The minimum atomic E-state index is -0.397. The molecular formula is C17H26N2O2. The summed E-state index contributed by atoms with van der Waals surface area (Å²) in [7, 11) is 1.75. The van der Waals surface area contributed by atoms with Crippen LogP contribution in [0.5, 0.6) is 0 Å². The van der Waals surface area contributed by atoms with Crippen molar-refractivity contribution in [2.24, 2.45) is 5.92 Å². The van der Waals surface area contributed by atoms with Crippen molar-refractivity contribution in [1.82, 2.24) is 9.97 Å². The summed E-state index contributed by atoms with van der Waals surface area (Å²) in [5.41, 5.74) is 0.545. The molecule has 0 spiro atoms. The number of methoxy groups -OCH3 is 1. The standard InChI is InChI=1S/C17H26N2O2/c1-12-6-5-9-17(11-12,21-2)16-18-14(10-15(20)19-16)13-7-3-4-8-13/h10,12-13H,3-9,11H2,1-2H3,(H,18,19,20). The molecule has 0 bridgehead atoms. The lowest BCUT2D eigenvalue weighted by atomic mass is 9.78. The van der Waals surface area contributed by atoms with Crippen molar-refractivity contribution >= 4 is 0 Å². The van der Waals surface area contributed by atoms with Crippen LogP contribution in [0.3, 0.4) is 0 Å². The molecule has 4 nitrogen and oxygen atoms in total. The van der Waals surface area contributed by atoms with Gasteiger partial charge in [-0.25, -0.2) is 4.98 Å². The van der Waals surface area contributed by atoms with Crippen LogP contribution in [-0.2, 0) is 10.3 Å². The fourth-order valence-electron chi connectivity index (χ4n) is 4.12. The summed E-state index contributed by atoms with van der Waals surface area (Å²) in [5.74, 6) is 1.83. The topological polar surface area (TPSA) is 55.0 Å². The van der Waals surface area contributed by atoms with Gasteiger partial charge < -0.3 is 9.72 Å². The van der Waals surface area contributed by atoms with Gasteiger partial charge in [-0.15, -0.1) is 0 Å². The van der Waals surface area contributed by atoms with Crippen LogP contribution in [0.4, 0.5) is 0 Å². The van der Waals surface area contributed by atoms with Gasteiger partial charge in [-0.1, -0.05) is 26.2 Å². The van der Waals surface area contributed by atoms with Gasteiger partial charge in [0.15, 0.2) is 0 Å². The van der Waals surface area contributed by atoms with Crippen LogP contribution in [0.15, 0.2) is 10.9 Å². The largest absolute Gasteiger partial charge is 0.370 e. The second-order valence-electron chi connectivity index (χ2n) is 6.90. The van der Waals surface area contributed by atoms with E-state index in [1.54, 1.807) is 13.2 Å². The quantitative estimate of drug-likeness (QED) is 0.927. The Morgan fingerprint density at radius 3 is 2.71 bits per heavy atom. The fourth-order valence-corrected chi connectivity index (χ4v) is 4.12. The van der Waals surface area contributed by atoms with Gasteiger partial charge in [0.05, 0.1) is 5.69 Å². The molecule has 3 rings (SSSR count). The van der Waals surface area contributed by atoms with Crippen LogP contribution < -0.4 is 5.56 Å². The molecule has 0 saturated heterocycles. The van der Waals surface area contributed by atoms with E-state index in [1.165, 1.54) is 19.3 Å². The summed E-state index contributed by atoms with van der Waals surface area (Å²) in [4.78, 5) is 19.9. The van der Waals surface area contributed by atoms with E-state index >= 15 is 0 Å². The van der Waals surface area contributed by atoms with Crippen LogP contribution in [0.1, 0.15) is 75.7 Å². The Labute approximate surface area is 126 Å². The average Bonchev–Trinajstić information content (AvgIpc) is 3.00. The van der Waals surface area contributed by atoms with Crippen LogP contribution in [-0.4, -0.2) is 17.1 Å². The van der Waals surface area contributed by atoms with E-state index in [-0.39, 0.29) is 5.56 Å². The van der Waals surface area contributed by atoms with E-state index < -0.39 is 5.60 Å². The third kappa shape index (κ3) is 2.91. The summed E-state index contributed by atoms with van der Waals surface area (Å²) < 4.78 is 5.88. The molecule has 1 aromatic rings. The minimum Gasteiger partial charge on any atom is -0.370 e. The monoisotopic (exact) mass is 290 g/mol. The number of hydrogen-bond donors (Lipinski definition) is 1. The summed E-state index contributed by atoms with van der Waals surface area (Å²) >= 11 is 0. The Morgan fingerprint density at radius 1 is 1.29 bits per heavy atom. The Morgan fingerprint density at radius 2 is 2.05 bits per heavy atom. The van der Waals surface area contributed by atoms with Crippen molar-refractivity contribution < 1.29 is 4.74 Å². The molecule has 2 aliphatic carbocycles. The summed E-state index contributed by atoms with van der Waals surface area (Å²) in [6, 6.07) is 1.69. The molecule has 1 aromatic heterocycles. The Hall–Kier alpha value is -1.16. The van der Waals surface area contributed by atoms with Crippen LogP contribution in [0.2, 0.25) is 0 Å². The van der Waals surface area contributed by atoms with Crippen molar-refractivity contribution in [2.75, 3.05) is 7.11 Å². The van der Waals surface area contributed by atoms with Gasteiger partial charge in [0.1, 0.15) is 11.4 Å². The molecular weight excluding hydrogens is 264 g/mol. The van der Waals surface area contributed by atoms with E-state index in [4.69, 9.17) is 9.72 Å². The molecule has 0 aromatic carbocycles.